The molecule has 0 bridgehead atoms. The number of aliphatic carboxylic acids is 1. The van der Waals surface area contributed by atoms with Crippen LogP contribution in [0, 0.1) is 0 Å². The van der Waals surface area contributed by atoms with Crippen molar-refractivity contribution in [1.82, 2.24) is 4.98 Å². The Kier molecular flexibility index (Phi) is 4.01. The van der Waals surface area contributed by atoms with Gasteiger partial charge in [0, 0.05) is 11.6 Å². The van der Waals surface area contributed by atoms with Crippen LogP contribution in [0.5, 0.6) is 5.75 Å². The van der Waals surface area contributed by atoms with Gasteiger partial charge in [0.05, 0.1) is 12.0 Å². The molecule has 116 valence electrons. The minimum atomic E-state index is -0.787. The highest BCUT2D eigenvalue weighted by Gasteiger charge is 2.42. The maximum Gasteiger partial charge on any atom is 0.314 e. The van der Waals surface area contributed by atoms with E-state index in [4.69, 9.17) is 4.74 Å². The van der Waals surface area contributed by atoms with E-state index in [0.29, 0.717) is 19.4 Å². The molecule has 0 unspecified atom stereocenters. The first-order valence-electron chi connectivity index (χ1n) is 7.93. The van der Waals surface area contributed by atoms with E-state index in [1.54, 1.807) is 6.20 Å². The smallest absolute Gasteiger partial charge is 0.314 e. The van der Waals surface area contributed by atoms with E-state index in [1.165, 1.54) is 0 Å². The molecular formula is C18H21NO3. The molecule has 2 aromatic rings. The Hall–Kier alpha value is -2.10. The van der Waals surface area contributed by atoms with Crippen molar-refractivity contribution in [3.05, 3.63) is 36.0 Å². The Morgan fingerprint density at radius 1 is 1.27 bits per heavy atom. The van der Waals surface area contributed by atoms with Crippen LogP contribution in [0.2, 0.25) is 0 Å². The van der Waals surface area contributed by atoms with Gasteiger partial charge >= 0.3 is 5.97 Å². The fraction of sp³-hybridized carbons (Fsp3) is 0.444. The Labute approximate surface area is 130 Å². The SMILES string of the molecule is CCOc1ccc(C2(C(=O)O)CCCCC2)c2cccnc12. The summed E-state index contributed by atoms with van der Waals surface area (Å²) < 4.78 is 5.64. The molecule has 1 aromatic heterocycles. The molecule has 0 aliphatic heterocycles. The molecule has 1 aromatic carbocycles. The molecule has 3 rings (SSSR count). The lowest BCUT2D eigenvalue weighted by atomic mass is 9.68. The molecule has 1 heterocycles. The normalized spacial score (nSPS) is 17.3. The molecule has 0 atom stereocenters. The summed E-state index contributed by atoms with van der Waals surface area (Å²) in [6.45, 7) is 2.50. The molecule has 1 aliphatic carbocycles. The number of benzene rings is 1. The lowest BCUT2D eigenvalue weighted by molar-refractivity contribution is -0.145. The third-order valence-corrected chi connectivity index (χ3v) is 4.66. The number of aromatic nitrogens is 1. The van der Waals surface area contributed by atoms with Crippen LogP contribution in [0.4, 0.5) is 0 Å². The average molecular weight is 299 g/mol. The van der Waals surface area contributed by atoms with Gasteiger partial charge in [0.2, 0.25) is 0 Å². The number of carbonyl (C=O) groups is 1. The van der Waals surface area contributed by atoms with Gasteiger partial charge in [-0.3, -0.25) is 9.78 Å². The van der Waals surface area contributed by atoms with Gasteiger partial charge in [-0.05, 0) is 37.5 Å². The number of ether oxygens (including phenoxy) is 1. The maximum absolute atomic E-state index is 12.1. The minimum Gasteiger partial charge on any atom is -0.492 e. The predicted octanol–water partition coefficient (Wildman–Crippen LogP) is 3.92. The van der Waals surface area contributed by atoms with Gasteiger partial charge < -0.3 is 9.84 Å². The minimum absolute atomic E-state index is 0.565. The first-order valence-corrected chi connectivity index (χ1v) is 7.93. The van der Waals surface area contributed by atoms with Crippen LogP contribution >= 0.6 is 0 Å². The Morgan fingerprint density at radius 3 is 2.73 bits per heavy atom. The molecule has 1 aliphatic rings. The maximum atomic E-state index is 12.1. The number of rotatable bonds is 4. The van der Waals surface area contributed by atoms with Crippen LogP contribution in [-0.4, -0.2) is 22.7 Å². The van der Waals surface area contributed by atoms with Crippen LogP contribution < -0.4 is 4.74 Å². The second kappa shape index (κ2) is 5.95. The van der Waals surface area contributed by atoms with E-state index in [9.17, 15) is 9.90 Å². The van der Waals surface area contributed by atoms with E-state index in [2.05, 4.69) is 4.98 Å². The lowest BCUT2D eigenvalue weighted by Crippen LogP contribution is -2.38. The van der Waals surface area contributed by atoms with Crippen molar-refractivity contribution in [2.75, 3.05) is 6.61 Å². The van der Waals surface area contributed by atoms with Crippen LogP contribution in [0.15, 0.2) is 30.5 Å². The molecule has 0 spiro atoms. The van der Waals surface area contributed by atoms with Crippen LogP contribution in [0.25, 0.3) is 10.9 Å². The molecule has 1 saturated carbocycles. The first kappa shape index (κ1) is 14.8. The highest BCUT2D eigenvalue weighted by molar-refractivity contribution is 5.94. The predicted molar refractivity (Wildman–Crippen MR) is 85.3 cm³/mol. The molecular weight excluding hydrogens is 278 g/mol. The van der Waals surface area contributed by atoms with Gasteiger partial charge in [-0.25, -0.2) is 0 Å². The highest BCUT2D eigenvalue weighted by atomic mass is 16.5. The third kappa shape index (κ3) is 2.32. The molecule has 0 amide bonds. The van der Waals surface area contributed by atoms with Crippen LogP contribution in [0.3, 0.4) is 0 Å². The summed E-state index contributed by atoms with van der Waals surface area (Å²) in [5, 5.41) is 10.8. The van der Waals surface area contributed by atoms with Gasteiger partial charge in [0.1, 0.15) is 11.3 Å². The molecule has 0 saturated heterocycles. The molecule has 4 heteroatoms. The van der Waals surface area contributed by atoms with Crippen molar-refractivity contribution in [1.29, 1.82) is 0 Å². The summed E-state index contributed by atoms with van der Waals surface area (Å²) in [6.07, 6.45) is 6.15. The number of hydrogen-bond donors (Lipinski definition) is 1. The number of pyridine rings is 1. The van der Waals surface area contributed by atoms with Crippen molar-refractivity contribution in [3.8, 4) is 5.75 Å². The molecule has 22 heavy (non-hydrogen) atoms. The van der Waals surface area contributed by atoms with Gasteiger partial charge in [0.25, 0.3) is 0 Å². The van der Waals surface area contributed by atoms with Crippen molar-refractivity contribution in [2.45, 2.75) is 44.4 Å². The first-order chi connectivity index (χ1) is 10.7. The van der Waals surface area contributed by atoms with Crippen molar-refractivity contribution in [2.24, 2.45) is 0 Å². The largest absolute Gasteiger partial charge is 0.492 e. The van der Waals surface area contributed by atoms with E-state index >= 15 is 0 Å². The van der Waals surface area contributed by atoms with Gasteiger partial charge in [-0.15, -0.1) is 0 Å². The summed E-state index contributed by atoms with van der Waals surface area (Å²) in [4.78, 5) is 16.5. The van der Waals surface area contributed by atoms with Crippen molar-refractivity contribution < 1.29 is 14.6 Å². The van der Waals surface area contributed by atoms with Crippen LogP contribution in [-0.2, 0) is 10.2 Å². The number of hydrogen-bond acceptors (Lipinski definition) is 3. The third-order valence-electron chi connectivity index (χ3n) is 4.66. The summed E-state index contributed by atoms with van der Waals surface area (Å²) in [6, 6.07) is 7.61. The summed E-state index contributed by atoms with van der Waals surface area (Å²) in [7, 11) is 0. The summed E-state index contributed by atoms with van der Waals surface area (Å²) in [5.74, 6) is -0.000267. The average Bonchev–Trinajstić information content (AvgIpc) is 2.56. The fourth-order valence-electron chi connectivity index (χ4n) is 3.59. The van der Waals surface area contributed by atoms with Gasteiger partial charge in [-0.1, -0.05) is 31.4 Å². The monoisotopic (exact) mass is 299 g/mol. The zero-order valence-corrected chi connectivity index (χ0v) is 12.8. The number of carboxylic acid groups (broad SMARTS) is 1. The van der Waals surface area contributed by atoms with E-state index in [1.807, 2.05) is 31.2 Å². The van der Waals surface area contributed by atoms with E-state index in [-0.39, 0.29) is 0 Å². The molecule has 4 nitrogen and oxygen atoms in total. The Balaban J connectivity index is 2.22. The lowest BCUT2D eigenvalue weighted by Gasteiger charge is -2.34. The molecule has 0 radical (unpaired) electrons. The number of carboxylic acids is 1. The van der Waals surface area contributed by atoms with Crippen molar-refractivity contribution in [3.63, 3.8) is 0 Å². The standard InChI is InChI=1S/C18H21NO3/c1-2-22-15-9-8-14(13-7-6-12-19-16(13)15)18(17(20)21)10-4-3-5-11-18/h6-9,12H,2-5,10-11H2,1H3,(H,20,21). The van der Waals surface area contributed by atoms with E-state index in [0.717, 1.165) is 41.5 Å². The summed E-state index contributed by atoms with van der Waals surface area (Å²) >= 11 is 0. The molecule has 1 N–H and O–H groups in total. The quantitative estimate of drug-likeness (QED) is 0.929. The number of nitrogens with zero attached hydrogens (tertiary/aromatic N) is 1. The Morgan fingerprint density at radius 2 is 2.05 bits per heavy atom. The molecule has 1 fully saturated rings. The zero-order chi connectivity index (χ0) is 15.6. The van der Waals surface area contributed by atoms with Crippen LogP contribution in [0.1, 0.15) is 44.6 Å². The number of fused-ring (bicyclic) bond motifs is 1. The van der Waals surface area contributed by atoms with Crippen molar-refractivity contribution >= 4 is 16.9 Å². The topological polar surface area (TPSA) is 59.4 Å². The zero-order valence-electron chi connectivity index (χ0n) is 12.8. The second-order valence-corrected chi connectivity index (χ2v) is 5.89. The fourth-order valence-corrected chi connectivity index (χ4v) is 3.59. The highest BCUT2D eigenvalue weighted by Crippen LogP contribution is 2.43. The van der Waals surface area contributed by atoms with Gasteiger partial charge in [0.15, 0.2) is 0 Å². The second-order valence-electron chi connectivity index (χ2n) is 5.89. The summed E-state index contributed by atoms with van der Waals surface area (Å²) in [5.41, 5.74) is 0.851. The van der Waals surface area contributed by atoms with E-state index < -0.39 is 11.4 Å². The van der Waals surface area contributed by atoms with Gasteiger partial charge in [-0.2, -0.15) is 0 Å². The Bertz CT molecular complexity index is 690.